The van der Waals surface area contributed by atoms with Gasteiger partial charge in [-0.2, -0.15) is 0 Å². The highest BCUT2D eigenvalue weighted by atomic mass is 16.5. The lowest BCUT2D eigenvalue weighted by Gasteiger charge is -2.35. The van der Waals surface area contributed by atoms with Crippen molar-refractivity contribution >= 4 is 17.8 Å². The lowest BCUT2D eigenvalue weighted by atomic mass is 10.1. The van der Waals surface area contributed by atoms with Crippen LogP contribution in [0.1, 0.15) is 5.56 Å². The SMILES string of the molecule is COc1ccc(/C=C\C(=O)N2CCN(c3cc(-c4ccccc4)ncn3)CC2)cc1. The molecular formula is C24H24N4O2. The van der Waals surface area contributed by atoms with Crippen LogP contribution < -0.4 is 9.64 Å². The van der Waals surface area contributed by atoms with Gasteiger partial charge >= 0.3 is 0 Å². The van der Waals surface area contributed by atoms with Crippen LogP contribution in [0.25, 0.3) is 17.3 Å². The molecule has 2 aromatic carbocycles. The number of aromatic nitrogens is 2. The summed E-state index contributed by atoms with van der Waals surface area (Å²) in [5.41, 5.74) is 2.94. The van der Waals surface area contributed by atoms with E-state index in [0.29, 0.717) is 13.1 Å². The van der Waals surface area contributed by atoms with Gasteiger partial charge in [-0.05, 0) is 23.8 Å². The van der Waals surface area contributed by atoms with E-state index in [0.717, 1.165) is 41.5 Å². The Kier molecular flexibility index (Phi) is 6.03. The van der Waals surface area contributed by atoms with Gasteiger partial charge in [-0.1, -0.05) is 42.5 Å². The van der Waals surface area contributed by atoms with Crippen LogP contribution in [0.4, 0.5) is 5.82 Å². The molecule has 30 heavy (non-hydrogen) atoms. The lowest BCUT2D eigenvalue weighted by Crippen LogP contribution is -2.48. The number of amides is 1. The number of anilines is 1. The van der Waals surface area contributed by atoms with Gasteiger partial charge in [0.15, 0.2) is 0 Å². The van der Waals surface area contributed by atoms with Gasteiger partial charge in [-0.15, -0.1) is 0 Å². The summed E-state index contributed by atoms with van der Waals surface area (Å²) in [5, 5.41) is 0. The van der Waals surface area contributed by atoms with Gasteiger partial charge in [-0.25, -0.2) is 9.97 Å². The molecule has 1 aliphatic rings. The summed E-state index contributed by atoms with van der Waals surface area (Å²) in [4.78, 5) is 25.4. The number of ether oxygens (including phenoxy) is 1. The van der Waals surface area contributed by atoms with E-state index in [-0.39, 0.29) is 5.91 Å². The van der Waals surface area contributed by atoms with Crippen molar-refractivity contribution in [1.29, 1.82) is 0 Å². The van der Waals surface area contributed by atoms with Gasteiger partial charge in [0.1, 0.15) is 17.9 Å². The fourth-order valence-corrected chi connectivity index (χ4v) is 3.43. The fourth-order valence-electron chi connectivity index (χ4n) is 3.43. The molecule has 0 atom stereocenters. The Balaban J connectivity index is 1.35. The molecular weight excluding hydrogens is 376 g/mol. The third kappa shape index (κ3) is 4.66. The summed E-state index contributed by atoms with van der Waals surface area (Å²) in [6, 6.07) is 19.7. The van der Waals surface area contributed by atoms with E-state index in [9.17, 15) is 4.79 Å². The Morgan fingerprint density at radius 2 is 1.70 bits per heavy atom. The van der Waals surface area contributed by atoms with Crippen molar-refractivity contribution in [2.45, 2.75) is 0 Å². The Bertz CT molecular complexity index is 1010. The third-order valence-corrected chi connectivity index (χ3v) is 5.17. The topological polar surface area (TPSA) is 58.6 Å². The molecule has 6 heteroatoms. The van der Waals surface area contributed by atoms with Crippen molar-refractivity contribution in [2.24, 2.45) is 0 Å². The number of benzene rings is 2. The number of carbonyl (C=O) groups excluding carboxylic acids is 1. The first-order chi connectivity index (χ1) is 14.7. The van der Waals surface area contributed by atoms with E-state index in [4.69, 9.17) is 4.74 Å². The van der Waals surface area contributed by atoms with Crippen LogP contribution in [-0.2, 0) is 4.79 Å². The van der Waals surface area contributed by atoms with Crippen LogP contribution in [0.2, 0.25) is 0 Å². The Morgan fingerprint density at radius 3 is 2.40 bits per heavy atom. The molecule has 4 rings (SSSR count). The van der Waals surface area contributed by atoms with Crippen LogP contribution in [0.3, 0.4) is 0 Å². The lowest BCUT2D eigenvalue weighted by molar-refractivity contribution is -0.126. The van der Waals surface area contributed by atoms with E-state index < -0.39 is 0 Å². The Hall–Kier alpha value is -3.67. The summed E-state index contributed by atoms with van der Waals surface area (Å²) in [7, 11) is 1.64. The van der Waals surface area contributed by atoms with Crippen molar-refractivity contribution < 1.29 is 9.53 Å². The molecule has 0 spiro atoms. The Morgan fingerprint density at radius 1 is 0.967 bits per heavy atom. The monoisotopic (exact) mass is 400 g/mol. The van der Waals surface area contributed by atoms with E-state index in [1.807, 2.05) is 71.6 Å². The molecule has 1 aliphatic heterocycles. The summed E-state index contributed by atoms with van der Waals surface area (Å²) < 4.78 is 5.16. The number of rotatable bonds is 5. The number of methoxy groups -OCH3 is 1. The van der Waals surface area contributed by atoms with Gasteiger partial charge in [0.25, 0.3) is 0 Å². The maximum Gasteiger partial charge on any atom is 0.246 e. The van der Waals surface area contributed by atoms with E-state index in [2.05, 4.69) is 14.9 Å². The summed E-state index contributed by atoms with van der Waals surface area (Å²) in [6.07, 6.45) is 5.08. The molecule has 0 aliphatic carbocycles. The first kappa shape index (κ1) is 19.6. The van der Waals surface area contributed by atoms with Gasteiger partial charge in [0, 0.05) is 43.9 Å². The maximum absolute atomic E-state index is 12.5. The minimum Gasteiger partial charge on any atom is -0.497 e. The second-order valence-corrected chi connectivity index (χ2v) is 7.05. The zero-order chi connectivity index (χ0) is 20.8. The van der Waals surface area contributed by atoms with Crippen molar-refractivity contribution in [1.82, 2.24) is 14.9 Å². The maximum atomic E-state index is 12.5. The molecule has 3 aromatic rings. The molecule has 0 saturated carbocycles. The number of hydrogen-bond acceptors (Lipinski definition) is 5. The quantitative estimate of drug-likeness (QED) is 0.614. The van der Waals surface area contributed by atoms with Crippen LogP contribution >= 0.6 is 0 Å². The third-order valence-electron chi connectivity index (χ3n) is 5.17. The molecule has 2 heterocycles. The second-order valence-electron chi connectivity index (χ2n) is 7.05. The van der Waals surface area contributed by atoms with Crippen molar-refractivity contribution in [2.75, 3.05) is 38.2 Å². The normalized spacial score (nSPS) is 14.2. The van der Waals surface area contributed by atoms with Crippen molar-refractivity contribution in [3.05, 3.63) is 78.6 Å². The zero-order valence-corrected chi connectivity index (χ0v) is 16.9. The minimum atomic E-state index is 0.0260. The molecule has 0 bridgehead atoms. The van der Waals surface area contributed by atoms with E-state index >= 15 is 0 Å². The highest BCUT2D eigenvalue weighted by Gasteiger charge is 2.21. The average Bonchev–Trinajstić information content (AvgIpc) is 2.83. The molecule has 1 saturated heterocycles. The van der Waals surface area contributed by atoms with Crippen LogP contribution in [0.5, 0.6) is 5.75 Å². The van der Waals surface area contributed by atoms with Crippen LogP contribution in [-0.4, -0.2) is 54.1 Å². The summed E-state index contributed by atoms with van der Waals surface area (Å²) in [5.74, 6) is 1.72. The second kappa shape index (κ2) is 9.22. The molecule has 0 N–H and O–H groups in total. The van der Waals surface area contributed by atoms with E-state index in [1.54, 1.807) is 19.5 Å². The van der Waals surface area contributed by atoms with E-state index in [1.165, 1.54) is 0 Å². The number of nitrogens with zero attached hydrogens (tertiary/aromatic N) is 4. The molecule has 0 unspecified atom stereocenters. The number of carbonyl (C=O) groups is 1. The summed E-state index contributed by atoms with van der Waals surface area (Å²) in [6.45, 7) is 2.81. The summed E-state index contributed by atoms with van der Waals surface area (Å²) >= 11 is 0. The number of piperazine rings is 1. The molecule has 0 radical (unpaired) electrons. The fraction of sp³-hybridized carbons (Fsp3) is 0.208. The molecule has 6 nitrogen and oxygen atoms in total. The largest absolute Gasteiger partial charge is 0.497 e. The van der Waals surface area contributed by atoms with Gasteiger partial charge < -0.3 is 14.5 Å². The van der Waals surface area contributed by atoms with Gasteiger partial charge in [0.05, 0.1) is 12.8 Å². The highest BCUT2D eigenvalue weighted by molar-refractivity contribution is 5.92. The van der Waals surface area contributed by atoms with Gasteiger partial charge in [-0.3, -0.25) is 4.79 Å². The van der Waals surface area contributed by atoms with Crippen molar-refractivity contribution in [3.8, 4) is 17.0 Å². The first-order valence-electron chi connectivity index (χ1n) is 9.96. The molecule has 1 aromatic heterocycles. The Labute approximate surface area is 176 Å². The predicted octanol–water partition coefficient (Wildman–Crippen LogP) is 3.51. The molecule has 1 amide bonds. The highest BCUT2D eigenvalue weighted by Crippen LogP contribution is 2.21. The van der Waals surface area contributed by atoms with Crippen LogP contribution in [0.15, 0.2) is 73.1 Å². The standard InChI is InChI=1S/C24H24N4O2/c1-30-21-10-7-19(8-11-21)9-12-24(29)28-15-13-27(14-16-28)23-17-22(25-18-26-23)20-5-3-2-4-6-20/h2-12,17-18H,13-16H2,1H3/b12-9-. The number of hydrogen-bond donors (Lipinski definition) is 0. The molecule has 1 fully saturated rings. The molecule has 152 valence electrons. The van der Waals surface area contributed by atoms with Gasteiger partial charge in [0.2, 0.25) is 5.91 Å². The van der Waals surface area contributed by atoms with Crippen molar-refractivity contribution in [3.63, 3.8) is 0 Å². The predicted molar refractivity (Wildman–Crippen MR) is 118 cm³/mol. The first-order valence-corrected chi connectivity index (χ1v) is 9.96. The smallest absolute Gasteiger partial charge is 0.246 e. The zero-order valence-electron chi connectivity index (χ0n) is 16.9. The average molecular weight is 400 g/mol. The van der Waals surface area contributed by atoms with Crippen LogP contribution in [0, 0.1) is 0 Å². The minimum absolute atomic E-state index is 0.0260.